The first kappa shape index (κ1) is 19.3. The lowest BCUT2D eigenvalue weighted by Crippen LogP contribution is -2.22. The normalized spacial score (nSPS) is 14.1. The third-order valence-electron chi connectivity index (χ3n) is 4.92. The van der Waals surface area contributed by atoms with Crippen molar-refractivity contribution in [1.82, 2.24) is 15.1 Å². The Morgan fingerprint density at radius 1 is 1.21 bits per heavy atom. The van der Waals surface area contributed by atoms with Gasteiger partial charge in [-0.3, -0.25) is 10.1 Å². The van der Waals surface area contributed by atoms with Crippen LogP contribution in [0, 0.1) is 12.8 Å². The molecule has 0 unspecified atom stereocenters. The molecule has 1 saturated carbocycles. The molecule has 2 N–H and O–H groups in total. The van der Waals surface area contributed by atoms with Crippen LogP contribution in [-0.4, -0.2) is 26.9 Å². The van der Waals surface area contributed by atoms with Crippen LogP contribution in [0.3, 0.4) is 0 Å². The number of nitrogens with zero attached hydrogens (tertiary/aromatic N) is 3. The minimum Gasteiger partial charge on any atom is -0.339 e. The van der Waals surface area contributed by atoms with Crippen LogP contribution in [0.15, 0.2) is 35.2 Å². The van der Waals surface area contributed by atoms with Crippen molar-refractivity contribution in [2.45, 2.75) is 39.0 Å². The quantitative estimate of drug-likeness (QED) is 0.580. The fourth-order valence-electron chi connectivity index (χ4n) is 3.50. The summed E-state index contributed by atoms with van der Waals surface area (Å²) in [4.78, 5) is 34.5. The average molecular weight is 411 g/mol. The van der Waals surface area contributed by atoms with E-state index in [0.717, 1.165) is 36.1 Å². The Labute approximate surface area is 171 Å². The summed E-state index contributed by atoms with van der Waals surface area (Å²) in [6.45, 7) is 1.94. The summed E-state index contributed by atoms with van der Waals surface area (Å²) >= 11 is 1.33. The summed E-state index contributed by atoms with van der Waals surface area (Å²) in [6.07, 6.45) is 7.46. The number of carbonyl (C=O) groups excluding carboxylic acids is 2. The van der Waals surface area contributed by atoms with Gasteiger partial charge in [-0.25, -0.2) is 9.78 Å². The molecule has 2 aromatic heterocycles. The van der Waals surface area contributed by atoms with E-state index in [-0.39, 0.29) is 11.7 Å². The van der Waals surface area contributed by atoms with E-state index in [0.29, 0.717) is 28.7 Å². The van der Waals surface area contributed by atoms with Crippen LogP contribution in [-0.2, 0) is 6.42 Å². The number of ketones is 1. The van der Waals surface area contributed by atoms with E-state index in [4.69, 9.17) is 4.52 Å². The zero-order chi connectivity index (χ0) is 20.2. The standard InChI is InChI=1S/C20H21N5O3S/c1-12-6-7-16(15(8-12)18(26)13-4-2-3-5-13)24-19(27)25-20-21-10-14(29-20)9-17-22-11-23-28-17/h6-8,10-11,13H,2-5,9H2,1H3,(H2,21,24,25,27). The maximum Gasteiger partial charge on any atom is 0.325 e. The SMILES string of the molecule is Cc1ccc(NC(=O)Nc2ncc(Cc3ncno3)s2)c(C(=O)C2CCCC2)c1. The van der Waals surface area contributed by atoms with E-state index in [2.05, 4.69) is 25.8 Å². The van der Waals surface area contributed by atoms with Crippen molar-refractivity contribution in [1.29, 1.82) is 0 Å². The molecule has 150 valence electrons. The molecular weight excluding hydrogens is 390 g/mol. The number of aryl methyl sites for hydroxylation is 1. The highest BCUT2D eigenvalue weighted by Crippen LogP contribution is 2.31. The van der Waals surface area contributed by atoms with E-state index in [9.17, 15) is 9.59 Å². The largest absolute Gasteiger partial charge is 0.339 e. The Hall–Kier alpha value is -3.07. The van der Waals surface area contributed by atoms with Crippen molar-refractivity contribution in [3.8, 4) is 0 Å². The first-order valence-corrected chi connectivity index (χ1v) is 10.3. The molecule has 1 aliphatic carbocycles. The molecule has 1 aliphatic rings. The number of Topliss-reactive ketones (excluding diaryl/α,β-unsaturated/α-hetero) is 1. The number of anilines is 2. The van der Waals surface area contributed by atoms with Crippen LogP contribution in [0.2, 0.25) is 0 Å². The molecular formula is C20H21N5O3S. The Kier molecular flexibility index (Phi) is 5.66. The van der Waals surface area contributed by atoms with Gasteiger partial charge in [0.25, 0.3) is 0 Å². The second-order valence-corrected chi connectivity index (χ2v) is 8.23. The van der Waals surface area contributed by atoms with Gasteiger partial charge in [0, 0.05) is 22.6 Å². The second kappa shape index (κ2) is 8.52. The molecule has 1 aromatic carbocycles. The zero-order valence-electron chi connectivity index (χ0n) is 16.0. The highest BCUT2D eigenvalue weighted by atomic mass is 32.1. The molecule has 0 atom stereocenters. The molecule has 0 bridgehead atoms. The lowest BCUT2D eigenvalue weighted by molar-refractivity contribution is 0.0923. The minimum absolute atomic E-state index is 0.0478. The van der Waals surface area contributed by atoms with Crippen LogP contribution in [0.25, 0.3) is 0 Å². The predicted molar refractivity (Wildman–Crippen MR) is 109 cm³/mol. The van der Waals surface area contributed by atoms with E-state index < -0.39 is 6.03 Å². The van der Waals surface area contributed by atoms with Crippen molar-refractivity contribution in [2.75, 3.05) is 10.6 Å². The molecule has 2 amide bonds. The summed E-state index contributed by atoms with van der Waals surface area (Å²) in [5, 5.41) is 9.54. The topological polar surface area (TPSA) is 110 Å². The number of amides is 2. The van der Waals surface area contributed by atoms with Crippen LogP contribution >= 0.6 is 11.3 Å². The molecule has 9 heteroatoms. The van der Waals surface area contributed by atoms with Gasteiger partial charge in [0.15, 0.2) is 17.2 Å². The van der Waals surface area contributed by atoms with Crippen molar-refractivity contribution >= 4 is 34.0 Å². The average Bonchev–Trinajstić information content (AvgIpc) is 3.46. The van der Waals surface area contributed by atoms with Crippen molar-refractivity contribution < 1.29 is 14.1 Å². The number of benzene rings is 1. The van der Waals surface area contributed by atoms with Gasteiger partial charge in [-0.2, -0.15) is 4.98 Å². The van der Waals surface area contributed by atoms with Gasteiger partial charge in [-0.05, 0) is 31.9 Å². The number of carbonyl (C=O) groups is 2. The first-order valence-electron chi connectivity index (χ1n) is 9.51. The molecule has 0 saturated heterocycles. The van der Waals surface area contributed by atoms with Gasteiger partial charge >= 0.3 is 6.03 Å². The molecule has 0 radical (unpaired) electrons. The van der Waals surface area contributed by atoms with Gasteiger partial charge in [0.05, 0.1) is 12.1 Å². The Morgan fingerprint density at radius 3 is 2.79 bits per heavy atom. The Balaban J connectivity index is 1.43. The molecule has 0 spiro atoms. The van der Waals surface area contributed by atoms with Crippen molar-refractivity contribution in [3.63, 3.8) is 0 Å². The summed E-state index contributed by atoms with van der Waals surface area (Å²) < 4.78 is 4.98. The third-order valence-corrected chi connectivity index (χ3v) is 5.83. The van der Waals surface area contributed by atoms with Gasteiger partial charge in [-0.15, -0.1) is 11.3 Å². The number of urea groups is 1. The number of thiazole rings is 1. The fourth-order valence-corrected chi connectivity index (χ4v) is 4.30. The molecule has 3 aromatic rings. The third kappa shape index (κ3) is 4.68. The zero-order valence-corrected chi connectivity index (χ0v) is 16.8. The summed E-state index contributed by atoms with van der Waals surface area (Å²) in [5.41, 5.74) is 2.08. The maximum atomic E-state index is 12.9. The van der Waals surface area contributed by atoms with E-state index >= 15 is 0 Å². The predicted octanol–water partition coefficient (Wildman–Crippen LogP) is 4.44. The van der Waals surface area contributed by atoms with Crippen LogP contribution in [0.4, 0.5) is 15.6 Å². The molecule has 0 aliphatic heterocycles. The van der Waals surface area contributed by atoms with Crippen LogP contribution in [0.1, 0.15) is 52.4 Å². The highest BCUT2D eigenvalue weighted by molar-refractivity contribution is 7.15. The lowest BCUT2D eigenvalue weighted by atomic mass is 9.94. The van der Waals surface area contributed by atoms with Crippen LogP contribution < -0.4 is 10.6 Å². The number of nitrogens with one attached hydrogen (secondary N) is 2. The van der Waals surface area contributed by atoms with E-state index in [1.165, 1.54) is 17.7 Å². The monoisotopic (exact) mass is 411 g/mol. The minimum atomic E-state index is -0.437. The molecule has 2 heterocycles. The van der Waals surface area contributed by atoms with Gasteiger partial charge in [-0.1, -0.05) is 29.6 Å². The summed E-state index contributed by atoms with van der Waals surface area (Å²) in [5.74, 6) is 0.642. The number of rotatable bonds is 6. The van der Waals surface area contributed by atoms with Crippen molar-refractivity contribution in [2.24, 2.45) is 5.92 Å². The highest BCUT2D eigenvalue weighted by Gasteiger charge is 2.26. The fraction of sp³-hybridized carbons (Fsp3) is 0.350. The van der Waals surface area contributed by atoms with Crippen molar-refractivity contribution in [3.05, 3.63) is 52.6 Å². The Morgan fingerprint density at radius 2 is 2.03 bits per heavy atom. The summed E-state index contributed by atoms with van der Waals surface area (Å²) in [7, 11) is 0. The maximum absolute atomic E-state index is 12.9. The number of hydrogen-bond acceptors (Lipinski definition) is 7. The molecule has 1 fully saturated rings. The molecule has 29 heavy (non-hydrogen) atoms. The lowest BCUT2D eigenvalue weighted by Gasteiger charge is -2.14. The second-order valence-electron chi connectivity index (χ2n) is 7.12. The first-order chi connectivity index (χ1) is 14.1. The van der Waals surface area contributed by atoms with E-state index in [1.807, 2.05) is 19.1 Å². The Bertz CT molecular complexity index is 1010. The number of hydrogen-bond donors (Lipinski definition) is 2. The van der Waals surface area contributed by atoms with Gasteiger partial charge in [0.2, 0.25) is 5.89 Å². The van der Waals surface area contributed by atoms with Gasteiger partial charge in [0.1, 0.15) is 0 Å². The smallest absolute Gasteiger partial charge is 0.325 e. The molecule has 8 nitrogen and oxygen atoms in total. The van der Waals surface area contributed by atoms with Crippen LogP contribution in [0.5, 0.6) is 0 Å². The summed E-state index contributed by atoms with van der Waals surface area (Å²) in [6, 6.07) is 5.07. The van der Waals surface area contributed by atoms with E-state index in [1.54, 1.807) is 12.3 Å². The number of aromatic nitrogens is 3. The van der Waals surface area contributed by atoms with Gasteiger partial charge < -0.3 is 9.84 Å². The molecule has 4 rings (SSSR count).